The van der Waals surface area contributed by atoms with Crippen molar-refractivity contribution in [2.45, 2.75) is 44.7 Å². The van der Waals surface area contributed by atoms with E-state index < -0.39 is 0 Å². The fourth-order valence-electron chi connectivity index (χ4n) is 4.51. The highest BCUT2D eigenvalue weighted by atomic mass is 16.5. The zero-order valence-corrected chi connectivity index (χ0v) is 16.6. The minimum absolute atomic E-state index is 0.0755. The molecule has 1 saturated carbocycles. The summed E-state index contributed by atoms with van der Waals surface area (Å²) in [5, 5.41) is 0. The highest BCUT2D eigenvalue weighted by molar-refractivity contribution is 6.15. The van der Waals surface area contributed by atoms with Gasteiger partial charge < -0.3 is 14.2 Å². The normalized spacial score (nSPS) is 20.7. The standard InChI is InChI=1S/C24H25NO4/c1-27-18-9-7-16(8-10-18)13-22-23(26)19-11-12-21-20(24(19)29-22)14-25(15-28-21)17-5-3-2-4-6-17/h7-13,17H,2-6,14-15H2,1H3/b22-13+. The topological polar surface area (TPSA) is 48.0 Å². The number of methoxy groups -OCH3 is 1. The van der Waals surface area contributed by atoms with E-state index in [0.29, 0.717) is 29.8 Å². The lowest BCUT2D eigenvalue weighted by molar-refractivity contribution is 0.0394. The first-order chi connectivity index (χ1) is 14.2. The lowest BCUT2D eigenvalue weighted by Gasteiger charge is -2.37. The van der Waals surface area contributed by atoms with Crippen LogP contribution in [0.1, 0.15) is 53.6 Å². The van der Waals surface area contributed by atoms with Gasteiger partial charge in [0.15, 0.2) is 5.76 Å². The van der Waals surface area contributed by atoms with E-state index in [1.807, 2.05) is 36.4 Å². The van der Waals surface area contributed by atoms with E-state index in [0.717, 1.165) is 29.2 Å². The third-order valence-corrected chi connectivity index (χ3v) is 6.15. The molecule has 0 N–H and O–H groups in total. The van der Waals surface area contributed by atoms with Gasteiger partial charge in [0, 0.05) is 12.6 Å². The Labute approximate surface area is 170 Å². The zero-order chi connectivity index (χ0) is 19.8. The summed E-state index contributed by atoms with van der Waals surface area (Å²) in [6.45, 7) is 1.38. The molecule has 0 saturated heterocycles. The SMILES string of the molecule is COc1ccc(/C=C2/Oc3c(ccc4c3CN(C3CCCCC3)CO4)C2=O)cc1. The Hall–Kier alpha value is -2.79. The van der Waals surface area contributed by atoms with Crippen LogP contribution in [-0.4, -0.2) is 30.6 Å². The second kappa shape index (κ2) is 7.56. The number of rotatable bonds is 3. The maximum Gasteiger partial charge on any atom is 0.231 e. The number of hydrogen-bond donors (Lipinski definition) is 0. The highest BCUT2D eigenvalue weighted by Crippen LogP contribution is 2.43. The quantitative estimate of drug-likeness (QED) is 0.704. The minimum atomic E-state index is -0.0755. The van der Waals surface area contributed by atoms with Gasteiger partial charge >= 0.3 is 0 Å². The molecule has 3 aliphatic rings. The van der Waals surface area contributed by atoms with Gasteiger partial charge in [-0.2, -0.15) is 0 Å². The molecule has 5 rings (SSSR count). The van der Waals surface area contributed by atoms with Gasteiger partial charge in [0.1, 0.15) is 24.0 Å². The molecular weight excluding hydrogens is 366 g/mol. The van der Waals surface area contributed by atoms with Gasteiger partial charge in [-0.15, -0.1) is 0 Å². The Bertz CT molecular complexity index is 958. The molecule has 2 aromatic carbocycles. The van der Waals surface area contributed by atoms with Crippen molar-refractivity contribution >= 4 is 11.9 Å². The van der Waals surface area contributed by atoms with Crippen molar-refractivity contribution in [2.75, 3.05) is 13.8 Å². The van der Waals surface area contributed by atoms with Crippen LogP contribution in [0.3, 0.4) is 0 Å². The number of carbonyl (C=O) groups is 1. The van der Waals surface area contributed by atoms with Crippen LogP contribution in [0, 0.1) is 0 Å². The number of ketones is 1. The number of benzene rings is 2. The Morgan fingerprint density at radius 1 is 1.07 bits per heavy atom. The Balaban J connectivity index is 1.42. The summed E-state index contributed by atoms with van der Waals surface area (Å²) in [6, 6.07) is 11.8. The maximum atomic E-state index is 12.9. The van der Waals surface area contributed by atoms with E-state index in [2.05, 4.69) is 4.90 Å². The van der Waals surface area contributed by atoms with Crippen LogP contribution in [0.15, 0.2) is 42.2 Å². The Morgan fingerprint density at radius 3 is 2.62 bits per heavy atom. The first-order valence-corrected chi connectivity index (χ1v) is 10.3. The predicted molar refractivity (Wildman–Crippen MR) is 110 cm³/mol. The van der Waals surface area contributed by atoms with Crippen LogP contribution in [0.2, 0.25) is 0 Å². The fourth-order valence-corrected chi connectivity index (χ4v) is 4.51. The molecule has 0 atom stereocenters. The van der Waals surface area contributed by atoms with E-state index in [-0.39, 0.29) is 5.78 Å². The third-order valence-electron chi connectivity index (χ3n) is 6.15. The number of hydrogen-bond acceptors (Lipinski definition) is 5. The van der Waals surface area contributed by atoms with Gasteiger partial charge in [-0.1, -0.05) is 31.4 Å². The molecule has 1 aliphatic carbocycles. The number of nitrogens with zero attached hydrogens (tertiary/aromatic N) is 1. The maximum absolute atomic E-state index is 12.9. The molecule has 0 bridgehead atoms. The summed E-state index contributed by atoms with van der Waals surface area (Å²) in [4.78, 5) is 15.3. The summed E-state index contributed by atoms with van der Waals surface area (Å²) < 4.78 is 17.3. The molecule has 0 aromatic heterocycles. The average Bonchev–Trinajstić information content (AvgIpc) is 3.10. The molecule has 5 nitrogen and oxygen atoms in total. The number of carbonyl (C=O) groups excluding carboxylic acids is 1. The molecule has 29 heavy (non-hydrogen) atoms. The summed E-state index contributed by atoms with van der Waals surface area (Å²) in [7, 11) is 1.63. The number of allylic oxidation sites excluding steroid dienone is 1. The first kappa shape index (κ1) is 18.3. The first-order valence-electron chi connectivity index (χ1n) is 10.3. The van der Waals surface area contributed by atoms with Crippen LogP contribution < -0.4 is 14.2 Å². The van der Waals surface area contributed by atoms with Gasteiger partial charge in [-0.25, -0.2) is 0 Å². The van der Waals surface area contributed by atoms with Crippen LogP contribution in [0.5, 0.6) is 17.2 Å². The van der Waals surface area contributed by atoms with Gasteiger partial charge in [0.25, 0.3) is 0 Å². The van der Waals surface area contributed by atoms with Crippen LogP contribution >= 0.6 is 0 Å². The largest absolute Gasteiger partial charge is 0.497 e. The summed E-state index contributed by atoms with van der Waals surface area (Å²) >= 11 is 0. The molecule has 0 unspecified atom stereocenters. The molecule has 150 valence electrons. The minimum Gasteiger partial charge on any atom is -0.497 e. The zero-order valence-electron chi connectivity index (χ0n) is 16.6. The average molecular weight is 391 g/mol. The van der Waals surface area contributed by atoms with Crippen molar-refractivity contribution in [2.24, 2.45) is 0 Å². The smallest absolute Gasteiger partial charge is 0.231 e. The van der Waals surface area contributed by atoms with E-state index in [4.69, 9.17) is 14.2 Å². The van der Waals surface area contributed by atoms with Crippen LogP contribution in [0.4, 0.5) is 0 Å². The van der Waals surface area contributed by atoms with Gasteiger partial charge in [-0.05, 0) is 48.7 Å². The van der Waals surface area contributed by atoms with Gasteiger partial charge in [0.2, 0.25) is 5.78 Å². The third kappa shape index (κ3) is 3.40. The van der Waals surface area contributed by atoms with Gasteiger partial charge in [0.05, 0.1) is 18.2 Å². The molecular formula is C24H25NO4. The highest BCUT2D eigenvalue weighted by Gasteiger charge is 2.35. The van der Waals surface area contributed by atoms with E-state index in [1.165, 1.54) is 32.1 Å². The molecule has 5 heteroatoms. The molecule has 0 radical (unpaired) electrons. The monoisotopic (exact) mass is 391 g/mol. The second-order valence-electron chi connectivity index (χ2n) is 7.94. The molecule has 2 heterocycles. The van der Waals surface area contributed by atoms with Crippen LogP contribution in [0.25, 0.3) is 6.08 Å². The van der Waals surface area contributed by atoms with E-state index >= 15 is 0 Å². The van der Waals surface area contributed by atoms with Crippen molar-refractivity contribution in [1.29, 1.82) is 0 Å². The molecule has 0 amide bonds. The number of ether oxygens (including phenoxy) is 3. The summed E-state index contributed by atoms with van der Waals surface area (Å²) in [5.74, 6) is 2.55. The lowest BCUT2D eigenvalue weighted by Crippen LogP contribution is -2.41. The fraction of sp³-hybridized carbons (Fsp3) is 0.375. The Morgan fingerprint density at radius 2 is 1.86 bits per heavy atom. The molecule has 0 spiro atoms. The molecule has 2 aliphatic heterocycles. The van der Waals surface area contributed by atoms with E-state index in [1.54, 1.807) is 13.2 Å². The molecule has 1 fully saturated rings. The van der Waals surface area contributed by atoms with Crippen molar-refractivity contribution in [1.82, 2.24) is 4.90 Å². The van der Waals surface area contributed by atoms with Crippen LogP contribution in [-0.2, 0) is 6.54 Å². The lowest BCUT2D eigenvalue weighted by atomic mass is 9.93. The van der Waals surface area contributed by atoms with Crippen molar-refractivity contribution in [3.05, 3.63) is 58.8 Å². The molecule has 2 aromatic rings. The van der Waals surface area contributed by atoms with Crippen molar-refractivity contribution < 1.29 is 19.0 Å². The number of Topliss-reactive ketones (excluding diaryl/α,β-unsaturated/α-hetero) is 1. The summed E-state index contributed by atoms with van der Waals surface area (Å²) in [6.07, 6.45) is 8.12. The number of fused-ring (bicyclic) bond motifs is 3. The second-order valence-corrected chi connectivity index (χ2v) is 7.94. The van der Waals surface area contributed by atoms with Crippen molar-refractivity contribution in [3.8, 4) is 17.2 Å². The Kier molecular flexibility index (Phi) is 4.76. The van der Waals surface area contributed by atoms with E-state index in [9.17, 15) is 4.79 Å². The van der Waals surface area contributed by atoms with Gasteiger partial charge in [-0.3, -0.25) is 9.69 Å². The van der Waals surface area contributed by atoms with Crippen molar-refractivity contribution in [3.63, 3.8) is 0 Å². The predicted octanol–water partition coefficient (Wildman–Crippen LogP) is 4.80. The summed E-state index contributed by atoms with van der Waals surface area (Å²) in [5.41, 5.74) is 2.51.